The molecule has 0 aliphatic heterocycles. The van der Waals surface area contributed by atoms with Crippen LogP contribution in [0.2, 0.25) is 0 Å². The number of pyridine rings is 1. The van der Waals surface area contributed by atoms with Gasteiger partial charge in [-0.2, -0.15) is 0 Å². The van der Waals surface area contributed by atoms with Gasteiger partial charge in [0.2, 0.25) is 0 Å². The molecule has 0 saturated carbocycles. The van der Waals surface area contributed by atoms with Crippen molar-refractivity contribution in [2.24, 2.45) is 0 Å². The van der Waals surface area contributed by atoms with Crippen LogP contribution in [0.25, 0.3) is 10.9 Å². The van der Waals surface area contributed by atoms with Crippen molar-refractivity contribution >= 4 is 16.6 Å². The van der Waals surface area contributed by atoms with E-state index < -0.39 is 0 Å². The standard InChI is InChI=1S/C26H26N2O4/c1-18-4-6-19(7-5-18)27-14-15-31-20-8-10-21(11-9-20)32-24-12-13-28-23-17-26(30-3)25(29-2)16-22(23)24/h4-13,16-17,27H,14-15H2,1-3H3. The Hall–Kier alpha value is -3.93. The van der Waals surface area contributed by atoms with Crippen molar-refractivity contribution in [3.05, 3.63) is 78.5 Å². The number of benzene rings is 3. The summed E-state index contributed by atoms with van der Waals surface area (Å²) < 4.78 is 22.7. The topological polar surface area (TPSA) is 61.8 Å². The second kappa shape index (κ2) is 9.92. The monoisotopic (exact) mass is 430 g/mol. The van der Waals surface area contributed by atoms with Crippen molar-refractivity contribution in [3.63, 3.8) is 0 Å². The summed E-state index contributed by atoms with van der Waals surface area (Å²) in [5.74, 6) is 3.43. The van der Waals surface area contributed by atoms with Crippen LogP contribution in [0, 0.1) is 6.92 Å². The molecule has 0 aliphatic carbocycles. The van der Waals surface area contributed by atoms with Crippen LogP contribution in [0.3, 0.4) is 0 Å². The van der Waals surface area contributed by atoms with Crippen LogP contribution < -0.4 is 24.3 Å². The molecule has 164 valence electrons. The van der Waals surface area contributed by atoms with E-state index in [4.69, 9.17) is 18.9 Å². The Morgan fingerprint density at radius 2 is 1.47 bits per heavy atom. The lowest BCUT2D eigenvalue weighted by molar-refractivity contribution is 0.332. The van der Waals surface area contributed by atoms with E-state index in [0.29, 0.717) is 29.6 Å². The van der Waals surface area contributed by atoms with Crippen LogP contribution in [-0.2, 0) is 0 Å². The van der Waals surface area contributed by atoms with E-state index in [1.54, 1.807) is 20.4 Å². The highest BCUT2D eigenvalue weighted by Crippen LogP contribution is 2.37. The molecule has 0 bridgehead atoms. The van der Waals surface area contributed by atoms with Crippen molar-refractivity contribution in [3.8, 4) is 28.7 Å². The molecule has 6 heteroatoms. The maximum atomic E-state index is 6.11. The lowest BCUT2D eigenvalue weighted by Crippen LogP contribution is -2.11. The van der Waals surface area contributed by atoms with Gasteiger partial charge < -0.3 is 24.3 Å². The van der Waals surface area contributed by atoms with Crippen molar-refractivity contribution in [1.82, 2.24) is 4.98 Å². The fraction of sp³-hybridized carbons (Fsp3) is 0.192. The first-order chi connectivity index (χ1) is 15.7. The number of aryl methyl sites for hydroxylation is 1. The van der Waals surface area contributed by atoms with Crippen LogP contribution >= 0.6 is 0 Å². The highest BCUT2D eigenvalue weighted by atomic mass is 16.5. The summed E-state index contributed by atoms with van der Waals surface area (Å²) >= 11 is 0. The van der Waals surface area contributed by atoms with E-state index in [1.165, 1.54) is 5.56 Å². The van der Waals surface area contributed by atoms with Crippen molar-refractivity contribution < 1.29 is 18.9 Å². The minimum Gasteiger partial charge on any atom is -0.493 e. The Balaban J connectivity index is 1.38. The maximum absolute atomic E-state index is 6.11. The number of hydrogen-bond acceptors (Lipinski definition) is 6. The second-order valence-electron chi connectivity index (χ2n) is 7.25. The van der Waals surface area contributed by atoms with E-state index in [1.807, 2.05) is 42.5 Å². The second-order valence-corrected chi connectivity index (χ2v) is 7.25. The number of fused-ring (bicyclic) bond motifs is 1. The first-order valence-corrected chi connectivity index (χ1v) is 10.4. The number of nitrogens with zero attached hydrogens (tertiary/aromatic N) is 1. The average molecular weight is 431 g/mol. The largest absolute Gasteiger partial charge is 0.493 e. The molecule has 0 radical (unpaired) electrons. The number of anilines is 1. The zero-order valence-corrected chi connectivity index (χ0v) is 18.4. The van der Waals surface area contributed by atoms with Gasteiger partial charge in [-0.15, -0.1) is 0 Å². The van der Waals surface area contributed by atoms with Gasteiger partial charge in [0.15, 0.2) is 11.5 Å². The van der Waals surface area contributed by atoms with Gasteiger partial charge in [0.1, 0.15) is 23.9 Å². The molecule has 0 aliphatic rings. The molecule has 1 N–H and O–H groups in total. The number of rotatable bonds is 9. The molecule has 1 aromatic heterocycles. The molecule has 0 fully saturated rings. The number of nitrogens with one attached hydrogen (secondary N) is 1. The van der Waals surface area contributed by atoms with Gasteiger partial charge in [0, 0.05) is 29.9 Å². The molecule has 0 amide bonds. The molecule has 6 nitrogen and oxygen atoms in total. The summed E-state index contributed by atoms with van der Waals surface area (Å²) in [5, 5.41) is 4.19. The third-order valence-corrected chi connectivity index (χ3v) is 5.01. The lowest BCUT2D eigenvalue weighted by atomic mass is 10.2. The average Bonchev–Trinajstić information content (AvgIpc) is 2.83. The van der Waals surface area contributed by atoms with Crippen LogP contribution in [0.15, 0.2) is 72.9 Å². The highest BCUT2D eigenvalue weighted by molar-refractivity contribution is 5.88. The SMILES string of the molecule is COc1cc2nccc(Oc3ccc(OCCNc4ccc(C)cc4)cc3)c2cc1OC. The Morgan fingerprint density at radius 1 is 0.781 bits per heavy atom. The maximum Gasteiger partial charge on any atom is 0.162 e. The van der Waals surface area contributed by atoms with Crippen LogP contribution in [-0.4, -0.2) is 32.4 Å². The predicted molar refractivity (Wildman–Crippen MR) is 127 cm³/mol. The summed E-state index contributed by atoms with van der Waals surface area (Å²) in [5.41, 5.74) is 3.09. The molecule has 0 unspecified atom stereocenters. The number of aromatic nitrogens is 1. The first kappa shape index (κ1) is 21.3. The van der Waals surface area contributed by atoms with Crippen LogP contribution in [0.1, 0.15) is 5.56 Å². The highest BCUT2D eigenvalue weighted by Gasteiger charge is 2.11. The van der Waals surface area contributed by atoms with E-state index in [2.05, 4.69) is 41.5 Å². The molecule has 0 saturated heterocycles. The fourth-order valence-electron chi connectivity index (χ4n) is 3.30. The number of methoxy groups -OCH3 is 2. The van der Waals surface area contributed by atoms with E-state index in [0.717, 1.165) is 28.9 Å². The molecule has 0 atom stereocenters. The molecule has 4 rings (SSSR count). The van der Waals surface area contributed by atoms with Crippen LogP contribution in [0.4, 0.5) is 5.69 Å². The normalized spacial score (nSPS) is 10.6. The quantitative estimate of drug-likeness (QED) is 0.337. The number of ether oxygens (including phenoxy) is 4. The Morgan fingerprint density at radius 3 is 2.19 bits per heavy atom. The molecule has 0 spiro atoms. The third-order valence-electron chi connectivity index (χ3n) is 5.01. The smallest absolute Gasteiger partial charge is 0.162 e. The summed E-state index contributed by atoms with van der Waals surface area (Å²) in [6, 6.07) is 21.4. The Labute approximate surface area is 187 Å². The number of hydrogen-bond donors (Lipinski definition) is 1. The molecule has 32 heavy (non-hydrogen) atoms. The Bertz CT molecular complexity index is 1180. The molecule has 4 aromatic rings. The Kier molecular flexibility index (Phi) is 6.60. The summed E-state index contributed by atoms with van der Waals surface area (Å²) in [7, 11) is 3.21. The lowest BCUT2D eigenvalue weighted by Gasteiger charge is -2.13. The fourth-order valence-corrected chi connectivity index (χ4v) is 3.30. The van der Waals surface area contributed by atoms with Crippen molar-refractivity contribution in [2.75, 3.05) is 32.7 Å². The van der Waals surface area contributed by atoms with Crippen molar-refractivity contribution in [1.29, 1.82) is 0 Å². The summed E-state index contributed by atoms with van der Waals surface area (Å²) in [6.45, 7) is 3.35. The van der Waals surface area contributed by atoms with Gasteiger partial charge in [-0.25, -0.2) is 0 Å². The summed E-state index contributed by atoms with van der Waals surface area (Å²) in [6.07, 6.45) is 1.71. The first-order valence-electron chi connectivity index (χ1n) is 10.4. The van der Waals surface area contributed by atoms with Gasteiger partial charge in [0.05, 0.1) is 19.7 Å². The predicted octanol–water partition coefficient (Wildman–Crippen LogP) is 5.84. The minimum atomic E-state index is 0.560. The van der Waals surface area contributed by atoms with Gasteiger partial charge in [-0.1, -0.05) is 17.7 Å². The third kappa shape index (κ3) is 5.03. The molecule has 3 aromatic carbocycles. The van der Waals surface area contributed by atoms with Crippen molar-refractivity contribution in [2.45, 2.75) is 6.92 Å². The van der Waals surface area contributed by atoms with E-state index in [9.17, 15) is 0 Å². The van der Waals surface area contributed by atoms with E-state index >= 15 is 0 Å². The zero-order valence-electron chi connectivity index (χ0n) is 18.4. The van der Waals surface area contributed by atoms with Gasteiger partial charge in [-0.05, 0) is 55.5 Å². The summed E-state index contributed by atoms with van der Waals surface area (Å²) in [4.78, 5) is 4.41. The van der Waals surface area contributed by atoms with Gasteiger partial charge >= 0.3 is 0 Å². The van der Waals surface area contributed by atoms with E-state index in [-0.39, 0.29) is 0 Å². The minimum absolute atomic E-state index is 0.560. The molecular formula is C26H26N2O4. The molecule has 1 heterocycles. The van der Waals surface area contributed by atoms with Gasteiger partial charge in [-0.3, -0.25) is 4.98 Å². The van der Waals surface area contributed by atoms with Crippen LogP contribution in [0.5, 0.6) is 28.7 Å². The van der Waals surface area contributed by atoms with Gasteiger partial charge in [0.25, 0.3) is 0 Å². The zero-order chi connectivity index (χ0) is 22.3. The molecular weight excluding hydrogens is 404 g/mol.